The summed E-state index contributed by atoms with van der Waals surface area (Å²) in [5.41, 5.74) is 0.886. The van der Waals surface area contributed by atoms with Crippen LogP contribution in [0.4, 0.5) is 13.2 Å². The molecule has 1 aliphatic rings. The van der Waals surface area contributed by atoms with Gasteiger partial charge in [-0.1, -0.05) is 20.8 Å². The summed E-state index contributed by atoms with van der Waals surface area (Å²) in [4.78, 5) is 15.5. The summed E-state index contributed by atoms with van der Waals surface area (Å²) in [7, 11) is 0. The fraction of sp³-hybridized carbons (Fsp3) is 0.500. The van der Waals surface area contributed by atoms with Gasteiger partial charge in [0.05, 0.1) is 17.4 Å². The van der Waals surface area contributed by atoms with Crippen LogP contribution in [0.1, 0.15) is 56.6 Å². The van der Waals surface area contributed by atoms with Crippen LogP contribution in [0.5, 0.6) is 0 Å². The number of nitrogens with one attached hydrogen (secondary N) is 1. The van der Waals surface area contributed by atoms with Crippen LogP contribution in [0.25, 0.3) is 5.69 Å². The molecule has 0 aliphatic heterocycles. The molecule has 1 unspecified atom stereocenters. The minimum atomic E-state index is -4.50. The zero-order valence-corrected chi connectivity index (χ0v) is 14.9. The molecule has 1 atom stereocenters. The number of hydrogen-bond acceptors (Lipinski definition) is 3. The summed E-state index contributed by atoms with van der Waals surface area (Å²) < 4.78 is 40.0. The average molecular weight is 366 g/mol. The summed E-state index contributed by atoms with van der Waals surface area (Å²) in [5, 5.41) is 7.39. The number of halogens is 3. The van der Waals surface area contributed by atoms with Gasteiger partial charge in [-0.25, -0.2) is 4.68 Å². The molecule has 26 heavy (non-hydrogen) atoms. The number of aromatic nitrogens is 3. The monoisotopic (exact) mass is 366 g/mol. The Bertz CT molecular complexity index is 821. The van der Waals surface area contributed by atoms with E-state index >= 15 is 0 Å². The predicted octanol–water partition coefficient (Wildman–Crippen LogP) is 3.83. The third kappa shape index (κ3) is 4.05. The van der Waals surface area contributed by atoms with Crippen LogP contribution in [0.2, 0.25) is 0 Å². The number of amides is 1. The molecule has 2 aromatic heterocycles. The molecule has 2 aromatic rings. The SMILES string of the molecule is CC(C)(C)CC(=O)NC1CCc2nn(-c3ccnc(C(F)(F)F)c3)cc21. The molecule has 0 saturated heterocycles. The van der Waals surface area contributed by atoms with Crippen molar-refractivity contribution in [2.24, 2.45) is 5.41 Å². The third-order valence-corrected chi connectivity index (χ3v) is 4.19. The van der Waals surface area contributed by atoms with Crippen molar-refractivity contribution in [1.82, 2.24) is 20.1 Å². The molecule has 0 radical (unpaired) electrons. The number of carbonyl (C=O) groups is 1. The molecule has 0 fully saturated rings. The molecule has 0 saturated carbocycles. The van der Waals surface area contributed by atoms with Gasteiger partial charge in [-0.2, -0.15) is 18.3 Å². The van der Waals surface area contributed by atoms with Gasteiger partial charge >= 0.3 is 6.18 Å². The van der Waals surface area contributed by atoms with Crippen molar-refractivity contribution in [2.75, 3.05) is 0 Å². The van der Waals surface area contributed by atoms with E-state index in [1.54, 1.807) is 6.20 Å². The van der Waals surface area contributed by atoms with Gasteiger partial charge in [0.1, 0.15) is 5.69 Å². The van der Waals surface area contributed by atoms with Gasteiger partial charge in [0.25, 0.3) is 0 Å². The van der Waals surface area contributed by atoms with Crippen LogP contribution in [0, 0.1) is 5.41 Å². The highest BCUT2D eigenvalue weighted by Crippen LogP contribution is 2.33. The van der Waals surface area contributed by atoms with Gasteiger partial charge in [0.15, 0.2) is 0 Å². The molecule has 0 bridgehead atoms. The molecule has 0 aromatic carbocycles. The number of rotatable bonds is 3. The van der Waals surface area contributed by atoms with E-state index in [0.29, 0.717) is 18.5 Å². The Balaban J connectivity index is 1.80. The molecular weight excluding hydrogens is 345 g/mol. The van der Waals surface area contributed by atoms with E-state index in [2.05, 4.69) is 15.4 Å². The second kappa shape index (κ2) is 6.41. The van der Waals surface area contributed by atoms with E-state index in [0.717, 1.165) is 29.9 Å². The lowest BCUT2D eigenvalue weighted by molar-refractivity contribution is -0.141. The maximum atomic E-state index is 12.8. The third-order valence-electron chi connectivity index (χ3n) is 4.19. The fourth-order valence-corrected chi connectivity index (χ4v) is 3.07. The van der Waals surface area contributed by atoms with Crippen molar-refractivity contribution in [3.63, 3.8) is 0 Å². The first-order valence-corrected chi connectivity index (χ1v) is 8.44. The van der Waals surface area contributed by atoms with Gasteiger partial charge in [0.2, 0.25) is 5.91 Å². The van der Waals surface area contributed by atoms with Crippen molar-refractivity contribution in [1.29, 1.82) is 0 Å². The molecule has 140 valence electrons. The van der Waals surface area contributed by atoms with Crippen LogP contribution < -0.4 is 5.32 Å². The standard InChI is InChI=1S/C18H21F3N4O/c1-17(2,3)9-16(26)23-13-4-5-14-12(13)10-25(24-14)11-6-7-22-15(8-11)18(19,20)21/h6-8,10,13H,4-5,9H2,1-3H3,(H,23,26). The minimum Gasteiger partial charge on any atom is -0.349 e. The van der Waals surface area contributed by atoms with Crippen LogP contribution in [0.15, 0.2) is 24.5 Å². The molecule has 1 amide bonds. The number of pyridine rings is 1. The molecule has 1 N–H and O–H groups in total. The summed E-state index contributed by atoms with van der Waals surface area (Å²) in [6.07, 6.45) is 0.146. The maximum absolute atomic E-state index is 12.8. The summed E-state index contributed by atoms with van der Waals surface area (Å²) >= 11 is 0. The zero-order valence-electron chi connectivity index (χ0n) is 14.9. The van der Waals surface area contributed by atoms with Gasteiger partial charge in [-0.05, 0) is 30.4 Å². The summed E-state index contributed by atoms with van der Waals surface area (Å²) in [6.45, 7) is 5.98. The van der Waals surface area contributed by atoms with E-state index in [-0.39, 0.29) is 17.4 Å². The number of fused-ring (bicyclic) bond motifs is 1. The number of nitrogens with zero attached hydrogens (tertiary/aromatic N) is 3. The lowest BCUT2D eigenvalue weighted by Crippen LogP contribution is -2.30. The topological polar surface area (TPSA) is 59.8 Å². The molecule has 1 aliphatic carbocycles. The Morgan fingerprint density at radius 1 is 1.35 bits per heavy atom. The van der Waals surface area contributed by atoms with E-state index < -0.39 is 11.9 Å². The van der Waals surface area contributed by atoms with Crippen LogP contribution in [-0.4, -0.2) is 20.7 Å². The largest absolute Gasteiger partial charge is 0.433 e. The van der Waals surface area contributed by atoms with Crippen molar-refractivity contribution in [3.05, 3.63) is 41.5 Å². The smallest absolute Gasteiger partial charge is 0.349 e. The predicted molar refractivity (Wildman–Crippen MR) is 89.6 cm³/mol. The normalized spacial score (nSPS) is 17.2. The lowest BCUT2D eigenvalue weighted by atomic mass is 9.92. The number of hydrogen-bond donors (Lipinski definition) is 1. The average Bonchev–Trinajstić information content (AvgIpc) is 3.07. The Morgan fingerprint density at radius 2 is 2.08 bits per heavy atom. The van der Waals surface area contributed by atoms with E-state index in [1.165, 1.54) is 10.7 Å². The highest BCUT2D eigenvalue weighted by atomic mass is 19.4. The Kier molecular flexibility index (Phi) is 4.54. The summed E-state index contributed by atoms with van der Waals surface area (Å²) in [5.74, 6) is -0.0358. The lowest BCUT2D eigenvalue weighted by Gasteiger charge is -2.20. The second-order valence-corrected chi connectivity index (χ2v) is 7.77. The zero-order chi connectivity index (χ0) is 19.1. The van der Waals surface area contributed by atoms with Crippen LogP contribution in [0.3, 0.4) is 0 Å². The van der Waals surface area contributed by atoms with E-state index in [4.69, 9.17) is 0 Å². The number of carbonyl (C=O) groups excluding carboxylic acids is 1. The van der Waals surface area contributed by atoms with Gasteiger partial charge in [0, 0.05) is 24.4 Å². The van der Waals surface area contributed by atoms with E-state index in [9.17, 15) is 18.0 Å². The Hall–Kier alpha value is -2.38. The van der Waals surface area contributed by atoms with Crippen molar-refractivity contribution < 1.29 is 18.0 Å². The quantitative estimate of drug-likeness (QED) is 0.898. The van der Waals surface area contributed by atoms with Gasteiger partial charge < -0.3 is 5.32 Å². The molecule has 5 nitrogen and oxygen atoms in total. The Morgan fingerprint density at radius 3 is 2.73 bits per heavy atom. The van der Waals surface area contributed by atoms with Crippen molar-refractivity contribution in [2.45, 2.75) is 52.3 Å². The van der Waals surface area contributed by atoms with Crippen LogP contribution in [-0.2, 0) is 17.4 Å². The van der Waals surface area contributed by atoms with E-state index in [1.807, 2.05) is 20.8 Å². The number of aryl methyl sites for hydroxylation is 1. The second-order valence-electron chi connectivity index (χ2n) is 7.77. The van der Waals surface area contributed by atoms with Crippen molar-refractivity contribution in [3.8, 4) is 5.69 Å². The van der Waals surface area contributed by atoms with Gasteiger partial charge in [-0.3, -0.25) is 9.78 Å². The highest BCUT2D eigenvalue weighted by molar-refractivity contribution is 5.77. The fourth-order valence-electron chi connectivity index (χ4n) is 3.07. The first-order valence-electron chi connectivity index (χ1n) is 8.44. The minimum absolute atomic E-state index is 0.0358. The molecule has 3 rings (SSSR count). The summed E-state index contributed by atoms with van der Waals surface area (Å²) in [6, 6.07) is 2.29. The number of alkyl halides is 3. The Labute approximate surface area is 149 Å². The highest BCUT2D eigenvalue weighted by Gasteiger charge is 2.33. The molecule has 8 heteroatoms. The van der Waals surface area contributed by atoms with Crippen molar-refractivity contribution >= 4 is 5.91 Å². The molecule has 0 spiro atoms. The van der Waals surface area contributed by atoms with Crippen LogP contribution >= 0.6 is 0 Å². The first-order chi connectivity index (χ1) is 12.0. The molecule has 2 heterocycles. The maximum Gasteiger partial charge on any atom is 0.433 e. The molecular formula is C18H21F3N4O. The van der Waals surface area contributed by atoms with Gasteiger partial charge in [-0.15, -0.1) is 0 Å². The first kappa shape index (κ1) is 18.4.